The zero-order valence-electron chi connectivity index (χ0n) is 10.5. The summed E-state index contributed by atoms with van der Waals surface area (Å²) in [5.41, 5.74) is 1.76. The van der Waals surface area contributed by atoms with Crippen LogP contribution in [0.4, 0.5) is 10.1 Å². The van der Waals surface area contributed by atoms with Crippen molar-refractivity contribution in [1.29, 1.82) is 0 Å². The summed E-state index contributed by atoms with van der Waals surface area (Å²) in [6.45, 7) is 3.14. The van der Waals surface area contributed by atoms with E-state index < -0.39 is 5.82 Å². The Morgan fingerprint density at radius 2 is 2.16 bits per heavy atom. The lowest BCUT2D eigenvalue weighted by atomic mass is 10.3. The minimum absolute atomic E-state index is 0.0830. The van der Waals surface area contributed by atoms with E-state index in [0.29, 0.717) is 5.75 Å². The van der Waals surface area contributed by atoms with Crippen molar-refractivity contribution >= 4 is 17.3 Å². The van der Waals surface area contributed by atoms with Crippen molar-refractivity contribution in [1.82, 2.24) is 4.98 Å². The van der Waals surface area contributed by atoms with Crippen molar-refractivity contribution in [3.63, 3.8) is 0 Å². The molecule has 0 aliphatic carbocycles. The van der Waals surface area contributed by atoms with Crippen LogP contribution in [-0.4, -0.2) is 11.5 Å². The molecule has 0 saturated carbocycles. The third-order valence-electron chi connectivity index (χ3n) is 2.48. The molecule has 0 unspecified atom stereocenters. The van der Waals surface area contributed by atoms with E-state index in [-0.39, 0.29) is 11.6 Å². The molecule has 0 saturated heterocycles. The Labute approximate surface area is 116 Å². The molecule has 0 aliphatic heterocycles. The van der Waals surface area contributed by atoms with Crippen LogP contribution in [0, 0.1) is 5.82 Å². The largest absolute Gasteiger partial charge is 0.487 e. The average Bonchev–Trinajstić information content (AvgIpc) is 2.41. The molecular formula is C14H14ClFN2O. The summed E-state index contributed by atoms with van der Waals surface area (Å²) >= 11 is 5.60. The van der Waals surface area contributed by atoms with Gasteiger partial charge in [0.1, 0.15) is 18.2 Å². The summed E-state index contributed by atoms with van der Waals surface area (Å²) in [6, 6.07) is 8.13. The average molecular weight is 281 g/mol. The number of aromatic nitrogens is 1. The second-order valence-corrected chi connectivity index (χ2v) is 4.34. The Balaban J connectivity index is 2.01. The molecular weight excluding hydrogens is 267 g/mol. The summed E-state index contributed by atoms with van der Waals surface area (Å²) in [7, 11) is 0. The molecule has 0 amide bonds. The van der Waals surface area contributed by atoms with E-state index in [1.165, 1.54) is 12.1 Å². The van der Waals surface area contributed by atoms with Gasteiger partial charge in [0.05, 0.1) is 10.7 Å². The highest BCUT2D eigenvalue weighted by molar-refractivity contribution is 6.30. The minimum Gasteiger partial charge on any atom is -0.487 e. The van der Waals surface area contributed by atoms with Gasteiger partial charge in [-0.05, 0) is 31.2 Å². The SMILES string of the molecule is CCNc1ccnc(COc2ccc(Cl)c(F)c2)c1. The molecule has 0 aliphatic rings. The van der Waals surface area contributed by atoms with Crippen LogP contribution in [0.25, 0.3) is 0 Å². The molecule has 2 rings (SSSR count). The number of nitrogens with one attached hydrogen (secondary N) is 1. The van der Waals surface area contributed by atoms with Gasteiger partial charge in [-0.3, -0.25) is 4.98 Å². The fourth-order valence-corrected chi connectivity index (χ4v) is 1.71. The fraction of sp³-hybridized carbons (Fsp3) is 0.214. The van der Waals surface area contributed by atoms with Crippen LogP contribution in [0.15, 0.2) is 36.5 Å². The van der Waals surface area contributed by atoms with E-state index in [1.54, 1.807) is 12.3 Å². The number of benzene rings is 1. The highest BCUT2D eigenvalue weighted by Gasteiger charge is 2.03. The monoisotopic (exact) mass is 280 g/mol. The van der Waals surface area contributed by atoms with Gasteiger partial charge in [0.15, 0.2) is 0 Å². The summed E-state index contributed by atoms with van der Waals surface area (Å²) in [4.78, 5) is 4.19. The predicted molar refractivity (Wildman–Crippen MR) is 74.1 cm³/mol. The first-order valence-corrected chi connectivity index (χ1v) is 6.33. The van der Waals surface area contributed by atoms with E-state index in [1.807, 2.05) is 19.1 Å². The van der Waals surface area contributed by atoms with Gasteiger partial charge >= 0.3 is 0 Å². The van der Waals surface area contributed by atoms with Crippen LogP contribution in [0.5, 0.6) is 5.75 Å². The molecule has 100 valence electrons. The summed E-state index contributed by atoms with van der Waals surface area (Å²) in [5, 5.41) is 3.27. The minimum atomic E-state index is -0.492. The molecule has 19 heavy (non-hydrogen) atoms. The molecule has 1 aromatic carbocycles. The van der Waals surface area contributed by atoms with Crippen LogP contribution < -0.4 is 10.1 Å². The second-order valence-electron chi connectivity index (χ2n) is 3.93. The Hall–Kier alpha value is -1.81. The Bertz CT molecular complexity index is 563. The van der Waals surface area contributed by atoms with Crippen molar-refractivity contribution in [2.45, 2.75) is 13.5 Å². The first-order chi connectivity index (χ1) is 9.19. The lowest BCUT2D eigenvalue weighted by Gasteiger charge is -2.08. The van der Waals surface area contributed by atoms with Gasteiger partial charge in [-0.1, -0.05) is 11.6 Å². The summed E-state index contributed by atoms with van der Waals surface area (Å²) in [5.74, 6) is -0.0638. The lowest BCUT2D eigenvalue weighted by Crippen LogP contribution is -2.01. The first-order valence-electron chi connectivity index (χ1n) is 5.95. The normalized spacial score (nSPS) is 10.3. The van der Waals surface area contributed by atoms with Gasteiger partial charge in [0.25, 0.3) is 0 Å². The van der Waals surface area contributed by atoms with Crippen LogP contribution in [-0.2, 0) is 6.61 Å². The van der Waals surface area contributed by atoms with E-state index in [9.17, 15) is 4.39 Å². The van der Waals surface area contributed by atoms with E-state index in [4.69, 9.17) is 16.3 Å². The third kappa shape index (κ3) is 3.83. The molecule has 0 atom stereocenters. The fourth-order valence-electron chi connectivity index (χ4n) is 1.60. The van der Waals surface area contributed by atoms with Gasteiger partial charge in [-0.2, -0.15) is 0 Å². The van der Waals surface area contributed by atoms with E-state index in [0.717, 1.165) is 17.9 Å². The molecule has 5 heteroatoms. The quantitative estimate of drug-likeness (QED) is 0.902. The third-order valence-corrected chi connectivity index (χ3v) is 2.78. The van der Waals surface area contributed by atoms with Gasteiger partial charge in [-0.25, -0.2) is 4.39 Å². The Kier molecular flexibility index (Phi) is 4.58. The lowest BCUT2D eigenvalue weighted by molar-refractivity contribution is 0.300. The molecule has 3 nitrogen and oxygen atoms in total. The van der Waals surface area contributed by atoms with Crippen LogP contribution in [0.3, 0.4) is 0 Å². The number of anilines is 1. The zero-order chi connectivity index (χ0) is 13.7. The van der Waals surface area contributed by atoms with Crippen molar-refractivity contribution < 1.29 is 9.13 Å². The molecule has 2 aromatic rings. The van der Waals surface area contributed by atoms with Crippen molar-refractivity contribution in [2.75, 3.05) is 11.9 Å². The number of rotatable bonds is 5. The van der Waals surface area contributed by atoms with Gasteiger partial charge in [-0.15, -0.1) is 0 Å². The maximum absolute atomic E-state index is 13.2. The van der Waals surface area contributed by atoms with Crippen LogP contribution in [0.1, 0.15) is 12.6 Å². The highest BCUT2D eigenvalue weighted by Crippen LogP contribution is 2.21. The van der Waals surface area contributed by atoms with Crippen molar-refractivity contribution in [2.24, 2.45) is 0 Å². The molecule has 0 radical (unpaired) electrons. The molecule has 0 fully saturated rings. The Morgan fingerprint density at radius 1 is 1.32 bits per heavy atom. The van der Waals surface area contributed by atoms with E-state index >= 15 is 0 Å². The maximum Gasteiger partial charge on any atom is 0.145 e. The maximum atomic E-state index is 13.2. The summed E-state index contributed by atoms with van der Waals surface area (Å²) in [6.07, 6.45) is 1.71. The molecule has 1 N–H and O–H groups in total. The number of ether oxygens (including phenoxy) is 1. The smallest absolute Gasteiger partial charge is 0.145 e. The number of pyridine rings is 1. The van der Waals surface area contributed by atoms with Gasteiger partial charge in [0, 0.05) is 24.5 Å². The Morgan fingerprint density at radius 3 is 2.89 bits per heavy atom. The van der Waals surface area contributed by atoms with Gasteiger partial charge in [0.2, 0.25) is 0 Å². The molecule has 0 spiro atoms. The first kappa shape index (κ1) is 13.6. The van der Waals surface area contributed by atoms with Gasteiger partial charge < -0.3 is 10.1 Å². The zero-order valence-corrected chi connectivity index (χ0v) is 11.2. The summed E-state index contributed by atoms with van der Waals surface area (Å²) < 4.78 is 18.7. The molecule has 1 heterocycles. The molecule has 0 bridgehead atoms. The van der Waals surface area contributed by atoms with Crippen LogP contribution >= 0.6 is 11.6 Å². The number of halogens is 2. The second kappa shape index (κ2) is 6.38. The number of nitrogens with zero attached hydrogens (tertiary/aromatic N) is 1. The molecule has 1 aromatic heterocycles. The number of hydrogen-bond acceptors (Lipinski definition) is 3. The topological polar surface area (TPSA) is 34.2 Å². The van der Waals surface area contributed by atoms with Crippen LogP contribution in [0.2, 0.25) is 5.02 Å². The van der Waals surface area contributed by atoms with Crippen molar-refractivity contribution in [3.8, 4) is 5.75 Å². The van der Waals surface area contributed by atoms with Crippen molar-refractivity contribution in [3.05, 3.63) is 53.1 Å². The van der Waals surface area contributed by atoms with E-state index in [2.05, 4.69) is 10.3 Å². The highest BCUT2D eigenvalue weighted by atomic mass is 35.5. The standard InChI is InChI=1S/C14H14ClFN2O/c1-2-17-10-5-6-18-11(7-10)9-19-12-3-4-13(15)14(16)8-12/h3-8H,2,9H2,1H3,(H,17,18). The number of hydrogen-bond donors (Lipinski definition) is 1. The predicted octanol–water partition coefficient (Wildman–Crippen LogP) is 3.88.